The Bertz CT molecular complexity index is 205. The number of imide groups is 1. The molecule has 1 fully saturated rings. The molecule has 1 unspecified atom stereocenters. The van der Waals surface area contributed by atoms with Crippen LogP contribution in [0.5, 0.6) is 0 Å². The lowest BCUT2D eigenvalue weighted by molar-refractivity contribution is -0.127. The van der Waals surface area contributed by atoms with Crippen LogP contribution in [0.25, 0.3) is 0 Å². The molecule has 2 N–H and O–H groups in total. The molecule has 12 heavy (non-hydrogen) atoms. The van der Waals surface area contributed by atoms with Crippen molar-refractivity contribution in [2.75, 3.05) is 20.1 Å². The summed E-state index contributed by atoms with van der Waals surface area (Å²) in [6, 6.07) is -0.655. The lowest BCUT2D eigenvalue weighted by Gasteiger charge is -2.11. The number of hydrogen-bond acceptors (Lipinski definition) is 3. The van der Waals surface area contributed by atoms with Gasteiger partial charge in [0.05, 0.1) is 0 Å². The summed E-state index contributed by atoms with van der Waals surface area (Å²) in [5, 5.41) is 5.41. The molecule has 0 aliphatic carbocycles. The zero-order valence-electron chi connectivity index (χ0n) is 7.26. The largest absolute Gasteiger partial charge is 0.326 e. The Morgan fingerprint density at radius 1 is 1.58 bits per heavy atom. The van der Waals surface area contributed by atoms with Gasteiger partial charge in [0.15, 0.2) is 0 Å². The third kappa shape index (κ3) is 1.55. The summed E-state index contributed by atoms with van der Waals surface area (Å²) in [6.45, 7) is 2.75. The zero-order chi connectivity index (χ0) is 9.14. The smallest absolute Gasteiger partial charge is 0.324 e. The maximum absolute atomic E-state index is 11.2. The molecule has 0 aromatic rings. The molecular formula is C7H13N3O2. The highest BCUT2D eigenvalue weighted by molar-refractivity contribution is 6.03. The van der Waals surface area contributed by atoms with E-state index in [0.717, 1.165) is 0 Å². The van der Waals surface area contributed by atoms with Gasteiger partial charge in [-0.25, -0.2) is 4.79 Å². The molecule has 1 aliphatic heterocycles. The highest BCUT2D eigenvalue weighted by Crippen LogP contribution is 2.03. The summed E-state index contributed by atoms with van der Waals surface area (Å²) in [7, 11) is 1.78. The van der Waals surface area contributed by atoms with E-state index in [4.69, 9.17) is 0 Å². The van der Waals surface area contributed by atoms with Gasteiger partial charge in [-0.2, -0.15) is 0 Å². The fraction of sp³-hybridized carbons (Fsp3) is 0.714. The van der Waals surface area contributed by atoms with Gasteiger partial charge >= 0.3 is 6.03 Å². The van der Waals surface area contributed by atoms with Gasteiger partial charge in [-0.05, 0) is 14.0 Å². The summed E-state index contributed by atoms with van der Waals surface area (Å²) < 4.78 is 0. The number of hydrogen-bond donors (Lipinski definition) is 2. The Hall–Kier alpha value is -1.10. The fourth-order valence-corrected chi connectivity index (χ4v) is 1.09. The second kappa shape index (κ2) is 3.53. The van der Waals surface area contributed by atoms with E-state index in [1.54, 1.807) is 14.0 Å². The van der Waals surface area contributed by atoms with Crippen molar-refractivity contribution in [2.24, 2.45) is 0 Å². The normalized spacial score (nSPS) is 23.2. The minimum atomic E-state index is -0.366. The van der Waals surface area contributed by atoms with Crippen molar-refractivity contribution in [3.05, 3.63) is 0 Å². The van der Waals surface area contributed by atoms with Gasteiger partial charge in [0, 0.05) is 13.1 Å². The van der Waals surface area contributed by atoms with Gasteiger partial charge in [0.1, 0.15) is 6.04 Å². The molecule has 1 saturated heterocycles. The maximum atomic E-state index is 11.2. The molecule has 3 amide bonds. The monoisotopic (exact) mass is 171 g/mol. The third-order valence-corrected chi connectivity index (χ3v) is 1.81. The van der Waals surface area contributed by atoms with Crippen molar-refractivity contribution in [1.29, 1.82) is 0 Å². The van der Waals surface area contributed by atoms with Crippen LogP contribution in [0.4, 0.5) is 4.79 Å². The molecule has 1 heterocycles. The van der Waals surface area contributed by atoms with Gasteiger partial charge in [-0.1, -0.05) is 0 Å². The molecule has 0 aromatic heterocycles. The standard InChI is InChI=1S/C7H13N3O2/c1-5-6(11)10(4-3-8-2)7(12)9-5/h5,8H,3-4H2,1-2H3,(H,9,12). The Morgan fingerprint density at radius 3 is 2.67 bits per heavy atom. The number of carbonyl (C=O) groups is 2. The SMILES string of the molecule is CNCCN1C(=O)NC(C)C1=O. The Balaban J connectivity index is 2.52. The van der Waals surface area contributed by atoms with Crippen LogP contribution in [0, 0.1) is 0 Å². The first-order chi connectivity index (χ1) is 5.66. The highest BCUT2D eigenvalue weighted by Gasteiger charge is 2.33. The second-order valence-electron chi connectivity index (χ2n) is 2.76. The molecular weight excluding hydrogens is 158 g/mol. The van der Waals surface area contributed by atoms with Crippen LogP contribution >= 0.6 is 0 Å². The molecule has 0 spiro atoms. The van der Waals surface area contributed by atoms with Crippen LogP contribution in [-0.4, -0.2) is 43.0 Å². The first-order valence-corrected chi connectivity index (χ1v) is 3.93. The van der Waals surface area contributed by atoms with Crippen LogP contribution in [0.1, 0.15) is 6.92 Å². The van der Waals surface area contributed by atoms with Gasteiger partial charge in [0.2, 0.25) is 0 Å². The van der Waals surface area contributed by atoms with E-state index in [1.807, 2.05) is 0 Å². The number of nitrogens with one attached hydrogen (secondary N) is 2. The van der Waals surface area contributed by atoms with E-state index in [-0.39, 0.29) is 18.0 Å². The Morgan fingerprint density at radius 2 is 2.25 bits per heavy atom. The van der Waals surface area contributed by atoms with Crippen molar-refractivity contribution in [1.82, 2.24) is 15.5 Å². The second-order valence-corrected chi connectivity index (χ2v) is 2.76. The molecule has 1 rings (SSSR count). The summed E-state index contributed by atoms with van der Waals surface area (Å²) in [5.41, 5.74) is 0. The predicted molar refractivity (Wildman–Crippen MR) is 43.6 cm³/mol. The fourth-order valence-electron chi connectivity index (χ4n) is 1.09. The highest BCUT2D eigenvalue weighted by atomic mass is 16.2. The minimum absolute atomic E-state index is 0.143. The molecule has 1 aliphatic rings. The van der Waals surface area contributed by atoms with Crippen LogP contribution in [0.3, 0.4) is 0 Å². The maximum Gasteiger partial charge on any atom is 0.324 e. The van der Waals surface area contributed by atoms with Crippen LogP contribution in [0.15, 0.2) is 0 Å². The molecule has 5 nitrogen and oxygen atoms in total. The third-order valence-electron chi connectivity index (χ3n) is 1.81. The van der Waals surface area contributed by atoms with E-state index >= 15 is 0 Å². The van der Waals surface area contributed by atoms with E-state index in [2.05, 4.69) is 10.6 Å². The van der Waals surface area contributed by atoms with E-state index in [0.29, 0.717) is 13.1 Å². The lowest BCUT2D eigenvalue weighted by atomic mass is 10.3. The van der Waals surface area contributed by atoms with Crippen LogP contribution in [0.2, 0.25) is 0 Å². The van der Waals surface area contributed by atoms with E-state index in [9.17, 15) is 9.59 Å². The summed E-state index contributed by atoms with van der Waals surface area (Å²) >= 11 is 0. The van der Waals surface area contributed by atoms with Gasteiger partial charge < -0.3 is 10.6 Å². The summed E-state index contributed by atoms with van der Waals surface area (Å²) in [5.74, 6) is -0.143. The number of likely N-dealkylation sites (N-methyl/N-ethyl adjacent to an activating group) is 1. The first-order valence-electron chi connectivity index (χ1n) is 3.93. The first kappa shape index (κ1) is 8.99. The summed E-state index contributed by atoms with van der Waals surface area (Å²) in [4.78, 5) is 23.5. The number of rotatable bonds is 3. The minimum Gasteiger partial charge on any atom is -0.326 e. The van der Waals surface area contributed by atoms with Crippen LogP contribution < -0.4 is 10.6 Å². The van der Waals surface area contributed by atoms with Crippen LogP contribution in [-0.2, 0) is 4.79 Å². The number of carbonyl (C=O) groups excluding carboxylic acids is 2. The molecule has 0 radical (unpaired) electrons. The molecule has 0 saturated carbocycles. The van der Waals surface area contributed by atoms with Gasteiger partial charge in [0.25, 0.3) is 5.91 Å². The Labute approximate surface area is 71.1 Å². The molecule has 68 valence electrons. The lowest BCUT2D eigenvalue weighted by Crippen LogP contribution is -2.36. The van der Waals surface area contributed by atoms with Crippen molar-refractivity contribution in [3.63, 3.8) is 0 Å². The molecule has 1 atom stereocenters. The number of amides is 3. The van der Waals surface area contributed by atoms with Crippen molar-refractivity contribution >= 4 is 11.9 Å². The average molecular weight is 171 g/mol. The molecule has 5 heteroatoms. The van der Waals surface area contributed by atoms with Crippen molar-refractivity contribution < 1.29 is 9.59 Å². The van der Waals surface area contributed by atoms with Gasteiger partial charge in [-0.15, -0.1) is 0 Å². The Kier molecular flexibility index (Phi) is 2.65. The van der Waals surface area contributed by atoms with Crippen molar-refractivity contribution in [2.45, 2.75) is 13.0 Å². The summed E-state index contributed by atoms with van der Waals surface area (Å²) in [6.07, 6.45) is 0. The topological polar surface area (TPSA) is 61.4 Å². The zero-order valence-corrected chi connectivity index (χ0v) is 7.26. The molecule has 0 aromatic carbocycles. The van der Waals surface area contributed by atoms with Gasteiger partial charge in [-0.3, -0.25) is 9.69 Å². The number of nitrogens with zero attached hydrogens (tertiary/aromatic N) is 1. The quantitative estimate of drug-likeness (QED) is 0.543. The van der Waals surface area contributed by atoms with E-state index in [1.165, 1.54) is 4.90 Å². The van der Waals surface area contributed by atoms with E-state index < -0.39 is 0 Å². The average Bonchev–Trinajstić information content (AvgIpc) is 2.25. The predicted octanol–water partition coefficient (Wildman–Crippen LogP) is -0.854. The van der Waals surface area contributed by atoms with Crippen molar-refractivity contribution in [3.8, 4) is 0 Å². The molecule has 0 bridgehead atoms. The number of urea groups is 1.